The van der Waals surface area contributed by atoms with Crippen LogP contribution in [0.15, 0.2) is 0 Å². The lowest BCUT2D eigenvalue weighted by Crippen LogP contribution is -2.36. The van der Waals surface area contributed by atoms with Gasteiger partial charge in [-0.3, -0.25) is 0 Å². The predicted octanol–water partition coefficient (Wildman–Crippen LogP) is 2.45. The molecule has 0 bridgehead atoms. The van der Waals surface area contributed by atoms with Gasteiger partial charge < -0.3 is 4.12 Å². The summed E-state index contributed by atoms with van der Waals surface area (Å²) in [6, 6.07) is 0. The van der Waals surface area contributed by atoms with E-state index in [9.17, 15) is 8.22 Å². The number of halogens is 3. The van der Waals surface area contributed by atoms with E-state index in [1.807, 2.05) is 0 Å². The molecule has 9 heavy (non-hydrogen) atoms. The largest absolute Gasteiger partial charge is 0.565 e. The zero-order valence-electron chi connectivity index (χ0n) is 5.54. The zero-order chi connectivity index (χ0) is 7.71. The Bertz CT molecular complexity index is 85.0. The molecule has 0 aliphatic rings. The summed E-state index contributed by atoms with van der Waals surface area (Å²) in [5.41, 5.74) is 0. The van der Waals surface area contributed by atoms with Crippen molar-refractivity contribution in [3.05, 3.63) is 0 Å². The first-order chi connectivity index (χ1) is 3.71. The number of hydrogen-bond donors (Lipinski definition) is 0. The van der Waals surface area contributed by atoms with Crippen molar-refractivity contribution in [3.63, 3.8) is 0 Å². The predicted molar refractivity (Wildman–Crippen MR) is 38.3 cm³/mol. The van der Waals surface area contributed by atoms with Crippen molar-refractivity contribution in [1.29, 1.82) is 0 Å². The fraction of sp³-hybridized carbons (Fsp3) is 1.00. The highest BCUT2D eigenvalue weighted by molar-refractivity contribution is 7.17. The van der Waals surface area contributed by atoms with Gasteiger partial charge in [0.25, 0.3) is 7.63 Å². The Morgan fingerprint density at radius 3 is 1.56 bits per heavy atom. The van der Waals surface area contributed by atoms with E-state index >= 15 is 0 Å². The van der Waals surface area contributed by atoms with E-state index in [2.05, 4.69) is 4.12 Å². The highest BCUT2D eigenvalue weighted by Gasteiger charge is 2.38. The Morgan fingerprint density at radius 1 is 1.22 bits per heavy atom. The Morgan fingerprint density at radius 2 is 1.56 bits per heavy atom. The van der Waals surface area contributed by atoms with E-state index in [-0.39, 0.29) is 0 Å². The third-order valence-corrected chi connectivity index (χ3v) is 4.49. The molecule has 0 aliphatic heterocycles. The minimum Gasteiger partial charge on any atom is -0.397 e. The summed E-state index contributed by atoms with van der Waals surface area (Å²) < 4.78 is 28.5. The van der Waals surface area contributed by atoms with Crippen LogP contribution in [0.3, 0.4) is 0 Å². The van der Waals surface area contributed by atoms with Gasteiger partial charge in [-0.25, -0.2) is 8.22 Å². The van der Waals surface area contributed by atoms with E-state index < -0.39 is 16.6 Å². The molecule has 0 spiro atoms. The van der Waals surface area contributed by atoms with Gasteiger partial charge in [0.1, 0.15) is 0 Å². The summed E-state index contributed by atoms with van der Waals surface area (Å²) in [5.74, 6) is 0. The normalized spacial score (nSPS) is 14.0. The molecule has 0 heterocycles. The van der Waals surface area contributed by atoms with Gasteiger partial charge in [-0.15, -0.1) is 11.1 Å². The topological polar surface area (TPSA) is 9.23 Å². The van der Waals surface area contributed by atoms with Gasteiger partial charge in [0.05, 0.1) is 0 Å². The minimum atomic E-state index is -4.36. The van der Waals surface area contributed by atoms with Crippen LogP contribution < -0.4 is 0 Å². The van der Waals surface area contributed by atoms with Crippen molar-refractivity contribution >= 4 is 27.7 Å². The van der Waals surface area contributed by atoms with Gasteiger partial charge in [-0.2, -0.15) is 0 Å². The summed E-state index contributed by atoms with van der Waals surface area (Å²) in [6.45, 7) is 3.88. The highest BCUT2D eigenvalue weighted by Crippen LogP contribution is 2.18. The molecule has 0 aromatic rings. The van der Waals surface area contributed by atoms with Gasteiger partial charge in [-0.05, 0) is 13.1 Å². The molecule has 0 aromatic heterocycles. The summed E-state index contributed by atoms with van der Waals surface area (Å²) in [6.07, 6.45) is 0. The van der Waals surface area contributed by atoms with Gasteiger partial charge in [0.2, 0.25) is 0 Å². The van der Waals surface area contributed by atoms with Gasteiger partial charge in [0.15, 0.2) is 0 Å². The molecule has 0 radical (unpaired) electrons. The smallest absolute Gasteiger partial charge is 0.397 e. The van der Waals surface area contributed by atoms with Gasteiger partial charge >= 0.3 is 8.99 Å². The van der Waals surface area contributed by atoms with E-state index in [1.165, 1.54) is 13.1 Å². The first-order valence-corrected chi connectivity index (χ1v) is 8.56. The maximum Gasteiger partial charge on any atom is 0.565 e. The quantitative estimate of drug-likeness (QED) is 0.480. The molecule has 0 aliphatic carbocycles. The van der Waals surface area contributed by atoms with Crippen molar-refractivity contribution < 1.29 is 12.3 Å². The van der Waals surface area contributed by atoms with Crippen LogP contribution in [-0.2, 0) is 4.12 Å². The number of rotatable bonds is 2. The SMILES string of the molecule is C[Si](F)(F)O[Si](C)(C)Cl. The van der Waals surface area contributed by atoms with E-state index in [0.29, 0.717) is 0 Å². The highest BCUT2D eigenvalue weighted by atomic mass is 35.6. The molecule has 0 aromatic carbocycles. The first kappa shape index (κ1) is 9.54. The van der Waals surface area contributed by atoms with Crippen molar-refractivity contribution in [3.8, 4) is 0 Å². The molecule has 0 amide bonds. The lowest BCUT2D eigenvalue weighted by molar-refractivity contribution is 0.391. The maximum atomic E-state index is 12.1. The van der Waals surface area contributed by atoms with Crippen LogP contribution in [0.1, 0.15) is 0 Å². The van der Waals surface area contributed by atoms with E-state index in [0.717, 1.165) is 6.55 Å². The Balaban J connectivity index is 3.75. The average molecular weight is 191 g/mol. The van der Waals surface area contributed by atoms with Crippen LogP contribution in [0, 0.1) is 0 Å². The fourth-order valence-electron chi connectivity index (χ4n) is 0.426. The van der Waals surface area contributed by atoms with Crippen LogP contribution in [0.25, 0.3) is 0 Å². The molecule has 0 atom stereocenters. The summed E-state index contributed by atoms with van der Waals surface area (Å²) in [5, 5.41) is 0. The Labute approximate surface area is 60.3 Å². The summed E-state index contributed by atoms with van der Waals surface area (Å²) in [4.78, 5) is 0. The molecule has 0 saturated carbocycles. The zero-order valence-corrected chi connectivity index (χ0v) is 8.30. The summed E-state index contributed by atoms with van der Waals surface area (Å²) in [7, 11) is -6.87. The standard InChI is InChI=1S/C3H9ClF2OSi2/c1-8(2,4)7-9(3,5)6/h1-3H3. The van der Waals surface area contributed by atoms with Gasteiger partial charge in [0, 0.05) is 6.55 Å². The molecule has 0 unspecified atom stereocenters. The maximum absolute atomic E-state index is 12.1. The molecular weight excluding hydrogens is 182 g/mol. The van der Waals surface area contributed by atoms with Crippen molar-refractivity contribution in [2.75, 3.05) is 0 Å². The molecule has 56 valence electrons. The van der Waals surface area contributed by atoms with E-state index in [1.54, 1.807) is 0 Å². The van der Waals surface area contributed by atoms with Crippen molar-refractivity contribution in [2.24, 2.45) is 0 Å². The van der Waals surface area contributed by atoms with Crippen LogP contribution in [0.4, 0.5) is 8.22 Å². The second kappa shape index (κ2) is 2.65. The average Bonchev–Trinajstić information content (AvgIpc) is 1.14. The molecule has 0 N–H and O–H groups in total. The lowest BCUT2D eigenvalue weighted by Gasteiger charge is -2.17. The fourth-order valence-corrected chi connectivity index (χ4v) is 5.05. The second-order valence-corrected chi connectivity index (χ2v) is 10.2. The Hall–Kier alpha value is 0.544. The van der Waals surface area contributed by atoms with E-state index in [4.69, 9.17) is 11.1 Å². The van der Waals surface area contributed by atoms with Crippen LogP contribution in [-0.4, -0.2) is 16.6 Å². The van der Waals surface area contributed by atoms with Crippen LogP contribution in [0.2, 0.25) is 19.6 Å². The molecule has 0 rings (SSSR count). The molecule has 0 saturated heterocycles. The van der Waals surface area contributed by atoms with Gasteiger partial charge in [-0.1, -0.05) is 0 Å². The minimum absolute atomic E-state index is 0.824. The molecule has 6 heteroatoms. The molecule has 1 nitrogen and oxygen atoms in total. The monoisotopic (exact) mass is 190 g/mol. The lowest BCUT2D eigenvalue weighted by atomic mass is 11.9. The number of hydrogen-bond acceptors (Lipinski definition) is 1. The third kappa shape index (κ3) is 8.54. The van der Waals surface area contributed by atoms with Crippen LogP contribution in [0.5, 0.6) is 0 Å². The Kier molecular flexibility index (Phi) is 2.81. The first-order valence-electron chi connectivity index (χ1n) is 2.48. The molecule has 0 fully saturated rings. The third-order valence-electron chi connectivity index (χ3n) is 0.422. The summed E-state index contributed by atoms with van der Waals surface area (Å²) >= 11 is 5.49. The second-order valence-electron chi connectivity index (χ2n) is 2.27. The van der Waals surface area contributed by atoms with Crippen molar-refractivity contribution in [1.82, 2.24) is 0 Å². The van der Waals surface area contributed by atoms with Crippen LogP contribution >= 0.6 is 11.1 Å². The van der Waals surface area contributed by atoms with Crippen molar-refractivity contribution in [2.45, 2.75) is 19.6 Å². The molecular formula is C3H9ClF2OSi2.